The number of nitrogens with zero attached hydrogens (tertiary/aromatic N) is 3. The molecule has 0 radical (unpaired) electrons. The molecule has 1 saturated heterocycles. The van der Waals surface area contributed by atoms with E-state index in [1.54, 1.807) is 6.20 Å². The van der Waals surface area contributed by atoms with Crippen molar-refractivity contribution in [1.82, 2.24) is 20.2 Å². The number of piperidine rings is 1. The number of aryl methyl sites for hydroxylation is 1. The van der Waals surface area contributed by atoms with Gasteiger partial charge in [-0.15, -0.1) is 0 Å². The van der Waals surface area contributed by atoms with Crippen LogP contribution < -0.4 is 5.32 Å². The quantitative estimate of drug-likeness (QED) is 0.830. The van der Waals surface area contributed by atoms with Crippen LogP contribution in [0.15, 0.2) is 36.5 Å². The molecule has 26 heavy (non-hydrogen) atoms. The van der Waals surface area contributed by atoms with Gasteiger partial charge in [0, 0.05) is 30.9 Å². The van der Waals surface area contributed by atoms with Gasteiger partial charge in [-0.3, -0.25) is 9.69 Å². The van der Waals surface area contributed by atoms with Crippen LogP contribution in [0.2, 0.25) is 0 Å². The third kappa shape index (κ3) is 4.45. The minimum Gasteiger partial charge on any atom is -0.395 e. The Morgan fingerprint density at radius 2 is 2.12 bits per heavy atom. The van der Waals surface area contributed by atoms with Gasteiger partial charge in [0.05, 0.1) is 17.9 Å². The molecular weight excluding hydrogens is 328 g/mol. The van der Waals surface area contributed by atoms with Crippen LogP contribution in [0.25, 0.3) is 11.4 Å². The molecule has 0 unspecified atom stereocenters. The number of likely N-dealkylation sites (tertiary alicyclic amines) is 1. The van der Waals surface area contributed by atoms with E-state index in [1.807, 2.05) is 37.3 Å². The van der Waals surface area contributed by atoms with Gasteiger partial charge in [0.15, 0.2) is 5.82 Å². The highest BCUT2D eigenvalue weighted by Gasteiger charge is 2.21. The van der Waals surface area contributed by atoms with Crippen molar-refractivity contribution >= 4 is 5.91 Å². The van der Waals surface area contributed by atoms with Crippen LogP contribution in [0, 0.1) is 6.92 Å². The molecule has 1 aliphatic heterocycles. The number of aliphatic hydroxyl groups excluding tert-OH is 1. The molecule has 0 spiro atoms. The van der Waals surface area contributed by atoms with Crippen LogP contribution in [0.4, 0.5) is 0 Å². The van der Waals surface area contributed by atoms with Gasteiger partial charge in [-0.05, 0) is 26.3 Å². The van der Waals surface area contributed by atoms with E-state index in [4.69, 9.17) is 0 Å². The fraction of sp³-hybridized carbons (Fsp3) is 0.450. The average molecular weight is 354 g/mol. The van der Waals surface area contributed by atoms with Gasteiger partial charge in [-0.2, -0.15) is 0 Å². The number of carbonyl (C=O) groups excluding carboxylic acids is 1. The molecule has 1 aromatic carbocycles. The van der Waals surface area contributed by atoms with Crippen molar-refractivity contribution in [3.8, 4) is 11.4 Å². The van der Waals surface area contributed by atoms with Crippen LogP contribution in [0.1, 0.15) is 35.3 Å². The third-order valence-corrected chi connectivity index (χ3v) is 4.90. The Balaban J connectivity index is 1.58. The Labute approximate surface area is 154 Å². The molecular formula is C20H26N4O2. The van der Waals surface area contributed by atoms with Crippen molar-refractivity contribution in [1.29, 1.82) is 0 Å². The summed E-state index contributed by atoms with van der Waals surface area (Å²) in [5, 5.41) is 12.4. The van der Waals surface area contributed by atoms with Crippen molar-refractivity contribution in [3.05, 3.63) is 47.8 Å². The molecule has 0 bridgehead atoms. The average Bonchev–Trinajstić information content (AvgIpc) is 2.69. The lowest BCUT2D eigenvalue weighted by Crippen LogP contribution is -2.45. The molecule has 6 heteroatoms. The van der Waals surface area contributed by atoms with E-state index in [1.165, 1.54) is 6.42 Å². The number of rotatable bonds is 6. The largest absolute Gasteiger partial charge is 0.395 e. The van der Waals surface area contributed by atoms with E-state index in [2.05, 4.69) is 20.2 Å². The van der Waals surface area contributed by atoms with Gasteiger partial charge in [-0.1, -0.05) is 36.8 Å². The minimum absolute atomic E-state index is 0.153. The lowest BCUT2D eigenvalue weighted by atomic mass is 10.0. The van der Waals surface area contributed by atoms with Crippen LogP contribution in [0.5, 0.6) is 0 Å². The Kier molecular flexibility index (Phi) is 6.30. The van der Waals surface area contributed by atoms with Crippen LogP contribution >= 0.6 is 0 Å². The lowest BCUT2D eigenvalue weighted by molar-refractivity contribution is 0.0848. The summed E-state index contributed by atoms with van der Waals surface area (Å²) < 4.78 is 0. The number of benzene rings is 1. The molecule has 2 N–H and O–H groups in total. The van der Waals surface area contributed by atoms with Crippen LogP contribution in [-0.4, -0.2) is 58.2 Å². The second kappa shape index (κ2) is 8.87. The topological polar surface area (TPSA) is 78.4 Å². The Morgan fingerprint density at radius 1 is 1.31 bits per heavy atom. The molecule has 2 aromatic rings. The van der Waals surface area contributed by atoms with E-state index in [-0.39, 0.29) is 18.6 Å². The molecule has 2 heterocycles. The Bertz CT molecular complexity index is 736. The highest BCUT2D eigenvalue weighted by Crippen LogP contribution is 2.17. The monoisotopic (exact) mass is 354 g/mol. The zero-order valence-electron chi connectivity index (χ0n) is 15.2. The molecule has 0 saturated carbocycles. The summed E-state index contributed by atoms with van der Waals surface area (Å²) >= 11 is 0. The molecule has 1 fully saturated rings. The second-order valence-electron chi connectivity index (χ2n) is 6.68. The lowest BCUT2D eigenvalue weighted by Gasteiger charge is -2.34. The number of hydrogen-bond acceptors (Lipinski definition) is 5. The summed E-state index contributed by atoms with van der Waals surface area (Å²) in [4.78, 5) is 23.5. The van der Waals surface area contributed by atoms with Gasteiger partial charge >= 0.3 is 0 Å². The zero-order valence-corrected chi connectivity index (χ0v) is 15.2. The maximum Gasteiger partial charge on any atom is 0.254 e. The normalized spacial score (nSPS) is 17.8. The van der Waals surface area contributed by atoms with Gasteiger partial charge < -0.3 is 10.4 Å². The first-order valence-electron chi connectivity index (χ1n) is 9.21. The number of carbonyl (C=O) groups is 1. The minimum atomic E-state index is -0.153. The summed E-state index contributed by atoms with van der Waals surface area (Å²) in [5.41, 5.74) is 2.10. The van der Waals surface area contributed by atoms with E-state index < -0.39 is 0 Å². The standard InChI is InChI=1S/C20H26N4O2/c1-15-18(13-22-19(23-15)16-7-3-2-4-8-16)20(26)21-10-12-24-11-6-5-9-17(24)14-25/h2-4,7-8,13,17,25H,5-6,9-12,14H2,1H3,(H,21,26)/t17-/m1/s1. The summed E-state index contributed by atoms with van der Waals surface area (Å²) in [6, 6.07) is 9.94. The zero-order chi connectivity index (χ0) is 18.4. The number of hydrogen-bond donors (Lipinski definition) is 2. The highest BCUT2D eigenvalue weighted by atomic mass is 16.3. The second-order valence-corrected chi connectivity index (χ2v) is 6.68. The first-order chi connectivity index (χ1) is 12.7. The molecule has 1 aliphatic rings. The summed E-state index contributed by atoms with van der Waals surface area (Å²) in [7, 11) is 0. The molecule has 1 atom stereocenters. The predicted octanol–water partition coefficient (Wildman–Crippen LogP) is 2.03. The number of nitrogens with one attached hydrogen (secondary N) is 1. The van der Waals surface area contributed by atoms with Crippen molar-refractivity contribution in [2.24, 2.45) is 0 Å². The number of amides is 1. The highest BCUT2D eigenvalue weighted by molar-refractivity contribution is 5.95. The van der Waals surface area contributed by atoms with Crippen LogP contribution in [0.3, 0.4) is 0 Å². The fourth-order valence-corrected chi connectivity index (χ4v) is 3.39. The first kappa shape index (κ1) is 18.5. The van der Waals surface area contributed by atoms with Gasteiger partial charge in [0.25, 0.3) is 5.91 Å². The van der Waals surface area contributed by atoms with Crippen LogP contribution in [-0.2, 0) is 0 Å². The first-order valence-corrected chi connectivity index (χ1v) is 9.21. The smallest absolute Gasteiger partial charge is 0.254 e. The maximum absolute atomic E-state index is 12.4. The van der Waals surface area contributed by atoms with E-state index in [0.29, 0.717) is 23.6 Å². The maximum atomic E-state index is 12.4. The van der Waals surface area contributed by atoms with E-state index >= 15 is 0 Å². The van der Waals surface area contributed by atoms with Crippen molar-refractivity contribution in [2.75, 3.05) is 26.2 Å². The molecule has 138 valence electrons. The molecule has 1 amide bonds. The summed E-state index contributed by atoms with van der Waals surface area (Å²) in [6.45, 7) is 4.29. The Morgan fingerprint density at radius 3 is 2.85 bits per heavy atom. The molecule has 1 aromatic heterocycles. The predicted molar refractivity (Wildman–Crippen MR) is 101 cm³/mol. The summed E-state index contributed by atoms with van der Waals surface area (Å²) in [6.07, 6.45) is 4.94. The third-order valence-electron chi connectivity index (χ3n) is 4.90. The van der Waals surface area contributed by atoms with Crippen molar-refractivity contribution in [2.45, 2.75) is 32.2 Å². The van der Waals surface area contributed by atoms with Gasteiger partial charge in [0.2, 0.25) is 0 Å². The molecule has 6 nitrogen and oxygen atoms in total. The van der Waals surface area contributed by atoms with Crippen molar-refractivity contribution in [3.63, 3.8) is 0 Å². The number of aromatic nitrogens is 2. The number of aliphatic hydroxyl groups is 1. The molecule has 3 rings (SSSR count). The van der Waals surface area contributed by atoms with E-state index in [0.717, 1.165) is 31.5 Å². The molecule has 0 aliphatic carbocycles. The fourth-order valence-electron chi connectivity index (χ4n) is 3.39. The van der Waals surface area contributed by atoms with Gasteiger partial charge in [-0.25, -0.2) is 9.97 Å². The SMILES string of the molecule is Cc1nc(-c2ccccc2)ncc1C(=O)NCCN1CCCC[C@@H]1CO. The Hall–Kier alpha value is -2.31. The summed E-state index contributed by atoms with van der Waals surface area (Å²) in [5.74, 6) is 0.471. The van der Waals surface area contributed by atoms with E-state index in [9.17, 15) is 9.90 Å². The van der Waals surface area contributed by atoms with Gasteiger partial charge in [0.1, 0.15) is 0 Å². The van der Waals surface area contributed by atoms with Crippen molar-refractivity contribution < 1.29 is 9.90 Å².